The van der Waals surface area contributed by atoms with Crippen molar-refractivity contribution in [3.63, 3.8) is 0 Å². The number of hydrogen-bond donors (Lipinski definition) is 1. The number of carbonyl (C=O) groups is 2. The lowest BCUT2D eigenvalue weighted by atomic mass is 9.79. The zero-order valence-electron chi connectivity index (χ0n) is 11.0. The van der Waals surface area contributed by atoms with Crippen LogP contribution in [0.2, 0.25) is 10.0 Å². The van der Waals surface area contributed by atoms with Crippen LogP contribution in [0.1, 0.15) is 12.8 Å². The van der Waals surface area contributed by atoms with Crippen LogP contribution >= 0.6 is 23.2 Å². The molecular formula is C15H13Cl2NO3. The van der Waals surface area contributed by atoms with Crippen LogP contribution in [0.4, 0.5) is 5.69 Å². The molecule has 1 amide bonds. The molecule has 0 unspecified atom stereocenters. The molecule has 4 rings (SSSR count). The lowest BCUT2D eigenvalue weighted by molar-refractivity contribution is -0.145. The lowest BCUT2D eigenvalue weighted by Gasteiger charge is -2.23. The summed E-state index contributed by atoms with van der Waals surface area (Å²) in [5, 5.41) is 3.74. The third-order valence-electron chi connectivity index (χ3n) is 4.97. The van der Waals surface area contributed by atoms with E-state index in [4.69, 9.17) is 27.9 Å². The van der Waals surface area contributed by atoms with E-state index in [9.17, 15) is 9.59 Å². The number of carbonyl (C=O) groups excluding carboxylic acids is 2. The number of fused-ring (bicyclic) bond motifs is 1. The Morgan fingerprint density at radius 3 is 2.86 bits per heavy atom. The van der Waals surface area contributed by atoms with Crippen molar-refractivity contribution in [2.45, 2.75) is 18.9 Å². The van der Waals surface area contributed by atoms with Crippen LogP contribution in [-0.2, 0) is 14.3 Å². The van der Waals surface area contributed by atoms with Gasteiger partial charge in [0.15, 0.2) is 0 Å². The van der Waals surface area contributed by atoms with Gasteiger partial charge in [-0.2, -0.15) is 0 Å². The Morgan fingerprint density at radius 1 is 1.29 bits per heavy atom. The summed E-state index contributed by atoms with van der Waals surface area (Å²) in [4.78, 5) is 24.5. The van der Waals surface area contributed by atoms with Crippen molar-refractivity contribution in [3.05, 3.63) is 28.2 Å². The maximum atomic E-state index is 12.6. The number of halogens is 2. The second-order valence-electron chi connectivity index (χ2n) is 6.04. The van der Waals surface area contributed by atoms with Crippen LogP contribution in [-0.4, -0.2) is 18.0 Å². The van der Waals surface area contributed by atoms with Crippen LogP contribution in [0.5, 0.6) is 0 Å². The van der Waals surface area contributed by atoms with Gasteiger partial charge in [0, 0.05) is 10.9 Å². The van der Waals surface area contributed by atoms with Crippen LogP contribution in [0.25, 0.3) is 0 Å². The molecule has 110 valence electrons. The molecule has 0 radical (unpaired) electrons. The predicted molar refractivity (Wildman–Crippen MR) is 78.2 cm³/mol. The maximum absolute atomic E-state index is 12.6. The van der Waals surface area contributed by atoms with E-state index in [-0.39, 0.29) is 41.7 Å². The fraction of sp³-hybridized carbons (Fsp3) is 0.467. The molecule has 5 atom stereocenters. The fourth-order valence-corrected chi connectivity index (χ4v) is 4.63. The molecule has 4 nitrogen and oxygen atoms in total. The number of amides is 1. The normalized spacial score (nSPS) is 35.9. The minimum absolute atomic E-state index is 0.0377. The highest BCUT2D eigenvalue weighted by atomic mass is 35.5. The van der Waals surface area contributed by atoms with E-state index in [2.05, 4.69) is 5.32 Å². The van der Waals surface area contributed by atoms with Crippen LogP contribution in [0, 0.1) is 23.7 Å². The van der Waals surface area contributed by atoms with E-state index in [1.807, 2.05) is 0 Å². The molecular weight excluding hydrogens is 313 g/mol. The molecule has 1 aromatic carbocycles. The number of hydrogen-bond acceptors (Lipinski definition) is 3. The van der Waals surface area contributed by atoms with Gasteiger partial charge in [-0.15, -0.1) is 0 Å². The molecule has 3 aliphatic rings. The molecule has 1 N–H and O–H groups in total. The van der Waals surface area contributed by atoms with E-state index >= 15 is 0 Å². The highest BCUT2D eigenvalue weighted by Crippen LogP contribution is 2.57. The highest BCUT2D eigenvalue weighted by Gasteiger charge is 2.63. The van der Waals surface area contributed by atoms with Gasteiger partial charge in [-0.3, -0.25) is 9.59 Å². The fourth-order valence-electron chi connectivity index (χ4n) is 4.17. The SMILES string of the molecule is O=C(Nc1ccc(Cl)cc1Cl)[C@H]1[C@@H]2C[C@H]3[C@@H]1C(=O)O[C@@H]3C2. The molecule has 1 heterocycles. The Bertz CT molecular complexity index is 646. The minimum Gasteiger partial charge on any atom is -0.462 e. The average molecular weight is 326 g/mol. The Balaban J connectivity index is 1.57. The summed E-state index contributed by atoms with van der Waals surface area (Å²) in [5.41, 5.74) is 0.525. The smallest absolute Gasteiger partial charge is 0.310 e. The number of esters is 1. The van der Waals surface area contributed by atoms with Gasteiger partial charge in [0.2, 0.25) is 5.91 Å². The van der Waals surface area contributed by atoms with Crippen molar-refractivity contribution in [3.8, 4) is 0 Å². The molecule has 0 spiro atoms. The average Bonchev–Trinajstić information content (AvgIpc) is 3.02. The lowest BCUT2D eigenvalue weighted by Crippen LogP contribution is -2.35. The van der Waals surface area contributed by atoms with Gasteiger partial charge >= 0.3 is 5.97 Å². The van der Waals surface area contributed by atoms with E-state index in [0.29, 0.717) is 15.7 Å². The van der Waals surface area contributed by atoms with Crippen molar-refractivity contribution in [2.24, 2.45) is 23.7 Å². The molecule has 3 fully saturated rings. The maximum Gasteiger partial charge on any atom is 0.310 e. The van der Waals surface area contributed by atoms with E-state index in [1.54, 1.807) is 18.2 Å². The van der Waals surface area contributed by atoms with Crippen molar-refractivity contribution in [1.82, 2.24) is 0 Å². The van der Waals surface area contributed by atoms with Gasteiger partial charge < -0.3 is 10.1 Å². The molecule has 2 bridgehead atoms. The molecule has 2 aliphatic carbocycles. The number of rotatable bonds is 2. The summed E-state index contributed by atoms with van der Waals surface area (Å²) in [6.45, 7) is 0. The van der Waals surface area contributed by atoms with Crippen LogP contribution in [0.3, 0.4) is 0 Å². The summed E-state index contributed by atoms with van der Waals surface area (Å²) in [5.74, 6) is -0.476. The Morgan fingerprint density at radius 2 is 2.10 bits per heavy atom. The Hall–Kier alpha value is -1.26. The summed E-state index contributed by atoms with van der Waals surface area (Å²) in [6, 6.07) is 4.93. The van der Waals surface area contributed by atoms with E-state index in [0.717, 1.165) is 12.8 Å². The van der Waals surface area contributed by atoms with Gasteiger partial charge in [0.1, 0.15) is 6.10 Å². The molecule has 21 heavy (non-hydrogen) atoms. The zero-order valence-corrected chi connectivity index (χ0v) is 12.5. The molecule has 1 aromatic rings. The standard InChI is InChI=1S/C15H13Cl2NO3/c16-7-1-2-10(9(17)5-7)18-14(19)12-6-3-8-11(4-6)21-15(20)13(8)12/h1-2,5-6,8,11-13H,3-4H2,(H,18,19)/t6-,8-,11-,12+,13+/m1/s1. The first-order valence-corrected chi connectivity index (χ1v) is 7.76. The van der Waals surface area contributed by atoms with Crippen molar-refractivity contribution < 1.29 is 14.3 Å². The van der Waals surface area contributed by atoms with Gasteiger partial charge in [-0.1, -0.05) is 23.2 Å². The zero-order chi connectivity index (χ0) is 14.7. The predicted octanol–water partition coefficient (Wildman–Crippen LogP) is 3.13. The third-order valence-corrected chi connectivity index (χ3v) is 5.52. The van der Waals surface area contributed by atoms with Gasteiger partial charge in [-0.25, -0.2) is 0 Å². The van der Waals surface area contributed by atoms with Gasteiger partial charge in [0.05, 0.1) is 22.5 Å². The monoisotopic (exact) mass is 325 g/mol. The van der Waals surface area contributed by atoms with Crippen LogP contribution < -0.4 is 5.32 Å². The largest absolute Gasteiger partial charge is 0.462 e. The number of benzene rings is 1. The summed E-state index contributed by atoms with van der Waals surface area (Å²) in [6.07, 6.45) is 1.75. The summed E-state index contributed by atoms with van der Waals surface area (Å²) >= 11 is 11.9. The number of nitrogens with one attached hydrogen (secondary N) is 1. The molecule has 6 heteroatoms. The van der Waals surface area contributed by atoms with Crippen molar-refractivity contribution in [1.29, 1.82) is 0 Å². The first-order chi connectivity index (χ1) is 10.0. The highest BCUT2D eigenvalue weighted by molar-refractivity contribution is 6.36. The molecule has 2 saturated carbocycles. The Labute approximate surface area is 131 Å². The van der Waals surface area contributed by atoms with Gasteiger partial charge in [-0.05, 0) is 37.0 Å². The molecule has 1 saturated heterocycles. The van der Waals surface area contributed by atoms with E-state index in [1.165, 1.54) is 0 Å². The van der Waals surface area contributed by atoms with E-state index < -0.39 is 0 Å². The van der Waals surface area contributed by atoms with Crippen LogP contribution in [0.15, 0.2) is 18.2 Å². The summed E-state index contributed by atoms with van der Waals surface area (Å²) < 4.78 is 5.35. The first-order valence-electron chi connectivity index (χ1n) is 7.01. The van der Waals surface area contributed by atoms with Crippen molar-refractivity contribution in [2.75, 3.05) is 5.32 Å². The second kappa shape index (κ2) is 4.62. The van der Waals surface area contributed by atoms with Crippen molar-refractivity contribution >= 4 is 40.8 Å². The molecule has 0 aromatic heterocycles. The van der Waals surface area contributed by atoms with Gasteiger partial charge in [0.25, 0.3) is 0 Å². The third kappa shape index (κ3) is 1.96. The minimum atomic E-state index is -0.298. The molecule has 1 aliphatic heterocycles. The topological polar surface area (TPSA) is 55.4 Å². The number of anilines is 1. The second-order valence-corrected chi connectivity index (χ2v) is 6.88. The Kier molecular flexibility index (Phi) is 2.95. The number of ether oxygens (including phenoxy) is 1. The quantitative estimate of drug-likeness (QED) is 0.850. The summed E-state index contributed by atoms with van der Waals surface area (Å²) in [7, 11) is 0. The first kappa shape index (κ1) is 13.4.